The molecule has 3 aromatic rings. The molecular weight excluding hydrogens is 348 g/mol. The lowest BCUT2D eigenvalue weighted by Crippen LogP contribution is -2.31. The third kappa shape index (κ3) is 4.02. The van der Waals surface area contributed by atoms with E-state index in [2.05, 4.69) is 6.07 Å². The zero-order valence-corrected chi connectivity index (χ0v) is 16.0. The number of para-hydroxylation sites is 1. The highest BCUT2D eigenvalue weighted by atomic mass is 16.2. The molecule has 1 aromatic heterocycles. The van der Waals surface area contributed by atoms with Gasteiger partial charge in [0.2, 0.25) is 0 Å². The van der Waals surface area contributed by atoms with Gasteiger partial charge in [-0.3, -0.25) is 4.79 Å². The van der Waals surface area contributed by atoms with Crippen molar-refractivity contribution in [2.45, 2.75) is 13.8 Å². The SMILES string of the molecule is CCN(CC)C(=O)/C(C#N)=C/c1cn(-c2ccccc2)nc1-c1ccccc1. The number of carbonyl (C=O) groups excluding carboxylic acids is 1. The molecule has 0 aliphatic rings. The largest absolute Gasteiger partial charge is 0.339 e. The summed E-state index contributed by atoms with van der Waals surface area (Å²) in [5.74, 6) is -0.265. The molecule has 3 rings (SSSR count). The number of nitrogens with zero attached hydrogens (tertiary/aromatic N) is 4. The molecule has 0 aliphatic heterocycles. The smallest absolute Gasteiger partial charge is 0.264 e. The third-order valence-corrected chi connectivity index (χ3v) is 4.51. The molecular formula is C23H22N4O. The second-order valence-electron chi connectivity index (χ2n) is 6.23. The summed E-state index contributed by atoms with van der Waals surface area (Å²) in [5, 5.41) is 14.3. The fourth-order valence-electron chi connectivity index (χ4n) is 3.00. The van der Waals surface area contributed by atoms with Crippen LogP contribution in [0.25, 0.3) is 23.0 Å². The molecule has 0 atom stereocenters. The molecule has 2 aromatic carbocycles. The Hall–Kier alpha value is -3.65. The van der Waals surface area contributed by atoms with Gasteiger partial charge in [-0.2, -0.15) is 10.4 Å². The van der Waals surface area contributed by atoms with Crippen LogP contribution in [0.3, 0.4) is 0 Å². The van der Waals surface area contributed by atoms with Gasteiger partial charge in [-0.1, -0.05) is 48.5 Å². The van der Waals surface area contributed by atoms with E-state index in [4.69, 9.17) is 5.10 Å². The van der Waals surface area contributed by atoms with Crippen molar-refractivity contribution in [3.63, 3.8) is 0 Å². The maximum Gasteiger partial charge on any atom is 0.264 e. The van der Waals surface area contributed by atoms with Crippen LogP contribution in [-0.2, 0) is 4.79 Å². The summed E-state index contributed by atoms with van der Waals surface area (Å²) in [5.41, 5.74) is 3.40. The number of carbonyl (C=O) groups is 1. The summed E-state index contributed by atoms with van der Waals surface area (Å²) in [4.78, 5) is 14.3. The fraction of sp³-hybridized carbons (Fsp3) is 0.174. The molecule has 0 aliphatic carbocycles. The van der Waals surface area contributed by atoms with Crippen LogP contribution in [-0.4, -0.2) is 33.7 Å². The minimum Gasteiger partial charge on any atom is -0.339 e. The van der Waals surface area contributed by atoms with Gasteiger partial charge in [0.05, 0.1) is 11.4 Å². The summed E-state index contributed by atoms with van der Waals surface area (Å²) in [6.45, 7) is 4.92. The van der Waals surface area contributed by atoms with Crippen molar-refractivity contribution in [3.05, 3.63) is 78.0 Å². The minimum absolute atomic E-state index is 0.105. The van der Waals surface area contributed by atoms with Gasteiger partial charge in [-0.05, 0) is 32.1 Å². The lowest BCUT2D eigenvalue weighted by atomic mass is 10.1. The molecule has 1 amide bonds. The van der Waals surface area contributed by atoms with E-state index in [0.29, 0.717) is 13.1 Å². The summed E-state index contributed by atoms with van der Waals surface area (Å²) >= 11 is 0. The van der Waals surface area contributed by atoms with Crippen LogP contribution in [0.4, 0.5) is 0 Å². The summed E-state index contributed by atoms with van der Waals surface area (Å²) in [7, 11) is 0. The zero-order chi connectivity index (χ0) is 19.9. The van der Waals surface area contributed by atoms with Crippen molar-refractivity contribution < 1.29 is 4.79 Å². The number of hydrogen-bond donors (Lipinski definition) is 0. The van der Waals surface area contributed by atoms with Crippen molar-refractivity contribution >= 4 is 12.0 Å². The number of likely N-dealkylation sites (N-methyl/N-ethyl adjacent to an activating group) is 1. The van der Waals surface area contributed by atoms with E-state index < -0.39 is 0 Å². The van der Waals surface area contributed by atoms with Gasteiger partial charge in [-0.25, -0.2) is 4.68 Å². The molecule has 0 saturated carbocycles. The van der Waals surface area contributed by atoms with E-state index in [1.165, 1.54) is 0 Å². The van der Waals surface area contributed by atoms with Crippen LogP contribution < -0.4 is 0 Å². The van der Waals surface area contributed by atoms with Gasteiger partial charge in [0.25, 0.3) is 5.91 Å². The lowest BCUT2D eigenvalue weighted by molar-refractivity contribution is -0.126. The number of aromatic nitrogens is 2. The second-order valence-corrected chi connectivity index (χ2v) is 6.23. The number of amides is 1. The van der Waals surface area contributed by atoms with Crippen LogP contribution >= 0.6 is 0 Å². The Morgan fingerprint density at radius 3 is 2.25 bits per heavy atom. The highest BCUT2D eigenvalue weighted by Gasteiger charge is 2.18. The summed E-state index contributed by atoms with van der Waals surface area (Å²) in [6.07, 6.45) is 3.49. The van der Waals surface area contributed by atoms with Gasteiger partial charge in [0.15, 0.2) is 0 Å². The molecule has 0 radical (unpaired) electrons. The molecule has 0 unspecified atom stereocenters. The van der Waals surface area contributed by atoms with Gasteiger partial charge in [0, 0.05) is 30.4 Å². The Bertz CT molecular complexity index is 1010. The molecule has 1 heterocycles. The van der Waals surface area contributed by atoms with Crippen molar-refractivity contribution in [2.24, 2.45) is 0 Å². The van der Waals surface area contributed by atoms with Crippen LogP contribution in [0.15, 0.2) is 72.4 Å². The normalized spacial score (nSPS) is 11.1. The Morgan fingerprint density at radius 2 is 1.68 bits per heavy atom. The van der Waals surface area contributed by atoms with E-state index in [-0.39, 0.29) is 11.5 Å². The highest BCUT2D eigenvalue weighted by Crippen LogP contribution is 2.26. The first-order valence-corrected chi connectivity index (χ1v) is 9.29. The van der Waals surface area contributed by atoms with Crippen LogP contribution in [0, 0.1) is 11.3 Å². The predicted octanol–water partition coefficient (Wildman–Crippen LogP) is 4.31. The van der Waals surface area contributed by atoms with E-state index in [1.807, 2.05) is 80.7 Å². The molecule has 28 heavy (non-hydrogen) atoms. The first-order chi connectivity index (χ1) is 13.7. The number of rotatable bonds is 6. The molecule has 5 nitrogen and oxygen atoms in total. The van der Waals surface area contributed by atoms with Crippen molar-refractivity contribution in [3.8, 4) is 23.0 Å². The number of benzene rings is 2. The molecule has 0 fully saturated rings. The Balaban J connectivity index is 2.12. The minimum atomic E-state index is -0.265. The van der Waals surface area contributed by atoms with E-state index in [1.54, 1.807) is 15.7 Å². The van der Waals surface area contributed by atoms with Gasteiger partial charge in [-0.15, -0.1) is 0 Å². The topological polar surface area (TPSA) is 61.9 Å². The third-order valence-electron chi connectivity index (χ3n) is 4.51. The zero-order valence-electron chi connectivity index (χ0n) is 16.0. The van der Waals surface area contributed by atoms with E-state index in [0.717, 1.165) is 22.5 Å². The Morgan fingerprint density at radius 1 is 1.07 bits per heavy atom. The van der Waals surface area contributed by atoms with Gasteiger partial charge in [0.1, 0.15) is 11.6 Å². The number of hydrogen-bond acceptors (Lipinski definition) is 3. The predicted molar refractivity (Wildman–Crippen MR) is 111 cm³/mol. The van der Waals surface area contributed by atoms with Crippen molar-refractivity contribution in [1.82, 2.24) is 14.7 Å². The second kappa shape index (κ2) is 8.83. The first-order valence-electron chi connectivity index (χ1n) is 9.29. The van der Waals surface area contributed by atoms with Crippen LogP contribution in [0.5, 0.6) is 0 Å². The molecule has 140 valence electrons. The molecule has 0 bridgehead atoms. The highest BCUT2D eigenvalue weighted by molar-refractivity contribution is 6.02. The quantitative estimate of drug-likeness (QED) is 0.480. The summed E-state index contributed by atoms with van der Waals surface area (Å²) < 4.78 is 1.77. The molecule has 0 N–H and O–H groups in total. The van der Waals surface area contributed by atoms with Crippen LogP contribution in [0.2, 0.25) is 0 Å². The molecule has 5 heteroatoms. The summed E-state index contributed by atoms with van der Waals surface area (Å²) in [6, 6.07) is 21.6. The van der Waals surface area contributed by atoms with E-state index >= 15 is 0 Å². The van der Waals surface area contributed by atoms with Gasteiger partial charge < -0.3 is 4.90 Å². The Kier molecular flexibility index (Phi) is 6.03. The maximum absolute atomic E-state index is 12.7. The maximum atomic E-state index is 12.7. The standard InChI is InChI=1S/C23H22N4O/c1-3-26(4-2)23(28)19(16-24)15-20-17-27(21-13-9-6-10-14-21)25-22(20)18-11-7-5-8-12-18/h5-15,17H,3-4H2,1-2H3/b19-15+. The average Bonchev–Trinajstić information content (AvgIpc) is 3.18. The van der Waals surface area contributed by atoms with E-state index in [9.17, 15) is 10.1 Å². The Labute approximate surface area is 165 Å². The first kappa shape index (κ1) is 19.1. The number of nitriles is 1. The van der Waals surface area contributed by atoms with Crippen molar-refractivity contribution in [1.29, 1.82) is 5.26 Å². The lowest BCUT2D eigenvalue weighted by Gasteiger charge is -2.17. The van der Waals surface area contributed by atoms with Crippen molar-refractivity contribution in [2.75, 3.05) is 13.1 Å². The molecule has 0 spiro atoms. The monoisotopic (exact) mass is 370 g/mol. The van der Waals surface area contributed by atoms with Crippen LogP contribution in [0.1, 0.15) is 19.4 Å². The average molecular weight is 370 g/mol. The van der Waals surface area contributed by atoms with Gasteiger partial charge >= 0.3 is 0 Å². The molecule has 0 saturated heterocycles. The fourth-order valence-corrected chi connectivity index (χ4v) is 3.00.